The molecular formula is C17H19NO. The molecule has 1 aliphatic rings. The molecule has 0 radical (unpaired) electrons. The molecule has 2 unspecified atom stereocenters. The van der Waals surface area contributed by atoms with Crippen LogP contribution in [0.2, 0.25) is 0 Å². The van der Waals surface area contributed by atoms with Gasteiger partial charge in [0.1, 0.15) is 11.9 Å². The molecule has 1 aliphatic heterocycles. The van der Waals surface area contributed by atoms with E-state index in [1.54, 1.807) is 0 Å². The Morgan fingerprint density at radius 2 is 1.63 bits per heavy atom. The lowest BCUT2D eigenvalue weighted by Crippen LogP contribution is -2.32. The van der Waals surface area contributed by atoms with E-state index in [-0.39, 0.29) is 12.1 Å². The molecule has 0 aliphatic carbocycles. The van der Waals surface area contributed by atoms with Crippen LogP contribution < -0.4 is 10.1 Å². The summed E-state index contributed by atoms with van der Waals surface area (Å²) in [6.07, 6.45) is 0.0656. The monoisotopic (exact) mass is 253 g/mol. The van der Waals surface area contributed by atoms with Crippen LogP contribution in [0.1, 0.15) is 29.7 Å². The van der Waals surface area contributed by atoms with Crippen LogP contribution in [0.25, 0.3) is 0 Å². The Labute approximate surface area is 114 Å². The van der Waals surface area contributed by atoms with Gasteiger partial charge in [-0.15, -0.1) is 0 Å². The molecule has 0 spiro atoms. The molecule has 1 N–H and O–H groups in total. The van der Waals surface area contributed by atoms with Gasteiger partial charge in [-0.05, 0) is 44.0 Å². The maximum Gasteiger partial charge on any atom is 0.144 e. The second-order valence-corrected chi connectivity index (χ2v) is 5.38. The first-order valence-electron chi connectivity index (χ1n) is 6.74. The molecule has 2 heteroatoms. The van der Waals surface area contributed by atoms with Crippen molar-refractivity contribution in [2.24, 2.45) is 0 Å². The minimum Gasteiger partial charge on any atom is -0.481 e. The van der Waals surface area contributed by atoms with E-state index in [0.717, 1.165) is 11.4 Å². The van der Waals surface area contributed by atoms with Crippen molar-refractivity contribution in [3.8, 4) is 5.75 Å². The SMILES string of the molecule is Cc1ccc(C2Oc3ccc(C)cc3NC2C)cc1. The summed E-state index contributed by atoms with van der Waals surface area (Å²) in [6.45, 7) is 6.36. The summed E-state index contributed by atoms with van der Waals surface area (Å²) < 4.78 is 6.16. The number of hydrogen-bond acceptors (Lipinski definition) is 2. The molecular weight excluding hydrogens is 234 g/mol. The van der Waals surface area contributed by atoms with Gasteiger partial charge in [-0.25, -0.2) is 0 Å². The number of benzene rings is 2. The zero-order valence-electron chi connectivity index (χ0n) is 11.6. The van der Waals surface area contributed by atoms with Crippen molar-refractivity contribution in [3.05, 3.63) is 59.2 Å². The Morgan fingerprint density at radius 3 is 2.37 bits per heavy atom. The van der Waals surface area contributed by atoms with Crippen molar-refractivity contribution in [2.45, 2.75) is 32.9 Å². The van der Waals surface area contributed by atoms with Gasteiger partial charge in [0.05, 0.1) is 11.7 Å². The molecule has 2 atom stereocenters. The van der Waals surface area contributed by atoms with E-state index < -0.39 is 0 Å². The first-order valence-corrected chi connectivity index (χ1v) is 6.74. The number of aryl methyl sites for hydroxylation is 2. The largest absolute Gasteiger partial charge is 0.481 e. The second kappa shape index (κ2) is 4.61. The number of anilines is 1. The van der Waals surface area contributed by atoms with E-state index in [4.69, 9.17) is 4.74 Å². The van der Waals surface area contributed by atoms with Crippen molar-refractivity contribution in [3.63, 3.8) is 0 Å². The summed E-state index contributed by atoms with van der Waals surface area (Å²) in [5.74, 6) is 0.939. The number of nitrogens with one attached hydrogen (secondary N) is 1. The van der Waals surface area contributed by atoms with Gasteiger partial charge in [0.2, 0.25) is 0 Å². The predicted octanol–water partition coefficient (Wildman–Crippen LogP) is 4.24. The Morgan fingerprint density at radius 1 is 0.947 bits per heavy atom. The Hall–Kier alpha value is -1.96. The fourth-order valence-corrected chi connectivity index (χ4v) is 2.53. The fraction of sp³-hybridized carbons (Fsp3) is 0.294. The zero-order valence-corrected chi connectivity index (χ0v) is 11.6. The van der Waals surface area contributed by atoms with E-state index in [9.17, 15) is 0 Å². The van der Waals surface area contributed by atoms with Gasteiger partial charge in [0, 0.05) is 0 Å². The molecule has 2 aromatic carbocycles. The summed E-state index contributed by atoms with van der Waals surface area (Å²) in [5.41, 5.74) is 4.83. The highest BCUT2D eigenvalue weighted by atomic mass is 16.5. The fourth-order valence-electron chi connectivity index (χ4n) is 2.53. The van der Waals surface area contributed by atoms with Gasteiger partial charge in [-0.1, -0.05) is 35.9 Å². The second-order valence-electron chi connectivity index (χ2n) is 5.38. The average Bonchev–Trinajstić information content (AvgIpc) is 2.39. The molecule has 0 bridgehead atoms. The van der Waals surface area contributed by atoms with Gasteiger partial charge in [0.25, 0.3) is 0 Å². The molecule has 3 rings (SSSR count). The summed E-state index contributed by atoms with van der Waals surface area (Å²) in [4.78, 5) is 0. The Bertz CT molecular complexity index is 589. The lowest BCUT2D eigenvalue weighted by Gasteiger charge is -2.33. The van der Waals surface area contributed by atoms with Crippen LogP contribution in [-0.2, 0) is 0 Å². The molecule has 0 saturated heterocycles. The summed E-state index contributed by atoms with van der Waals surface area (Å²) >= 11 is 0. The highest BCUT2D eigenvalue weighted by molar-refractivity contribution is 5.60. The molecule has 19 heavy (non-hydrogen) atoms. The smallest absolute Gasteiger partial charge is 0.144 e. The van der Waals surface area contributed by atoms with Crippen LogP contribution in [-0.4, -0.2) is 6.04 Å². The van der Waals surface area contributed by atoms with Crippen LogP contribution in [0.3, 0.4) is 0 Å². The van der Waals surface area contributed by atoms with E-state index in [0.29, 0.717) is 0 Å². The average molecular weight is 253 g/mol. The molecule has 2 aromatic rings. The van der Waals surface area contributed by atoms with Crippen molar-refractivity contribution >= 4 is 5.69 Å². The molecule has 0 amide bonds. The minimum absolute atomic E-state index is 0.0656. The van der Waals surface area contributed by atoms with Gasteiger partial charge in [0.15, 0.2) is 0 Å². The van der Waals surface area contributed by atoms with E-state index >= 15 is 0 Å². The summed E-state index contributed by atoms with van der Waals surface area (Å²) in [5, 5.41) is 3.54. The van der Waals surface area contributed by atoms with Gasteiger partial charge >= 0.3 is 0 Å². The van der Waals surface area contributed by atoms with Crippen LogP contribution in [0.4, 0.5) is 5.69 Å². The maximum atomic E-state index is 6.16. The number of hydrogen-bond donors (Lipinski definition) is 1. The number of rotatable bonds is 1. The van der Waals surface area contributed by atoms with Gasteiger partial charge in [-0.3, -0.25) is 0 Å². The standard InChI is InChI=1S/C17H19NO/c1-11-4-7-14(8-5-11)17-13(3)18-15-10-12(2)6-9-16(15)19-17/h4-10,13,17-18H,1-3H3. The van der Waals surface area contributed by atoms with Crippen molar-refractivity contribution in [1.82, 2.24) is 0 Å². The molecule has 0 aromatic heterocycles. The Balaban J connectivity index is 1.93. The zero-order chi connectivity index (χ0) is 13.4. The third-order valence-corrected chi connectivity index (χ3v) is 3.63. The highest BCUT2D eigenvalue weighted by Gasteiger charge is 2.27. The normalized spacial score (nSPS) is 21.2. The third kappa shape index (κ3) is 2.30. The van der Waals surface area contributed by atoms with Crippen molar-refractivity contribution in [1.29, 1.82) is 0 Å². The number of ether oxygens (including phenoxy) is 1. The highest BCUT2D eigenvalue weighted by Crippen LogP contribution is 2.37. The third-order valence-electron chi connectivity index (χ3n) is 3.63. The summed E-state index contributed by atoms with van der Waals surface area (Å²) in [7, 11) is 0. The van der Waals surface area contributed by atoms with E-state index in [1.807, 2.05) is 6.07 Å². The maximum absolute atomic E-state index is 6.16. The van der Waals surface area contributed by atoms with Crippen LogP contribution in [0.15, 0.2) is 42.5 Å². The summed E-state index contributed by atoms with van der Waals surface area (Å²) in [6, 6.07) is 15.1. The molecule has 0 fully saturated rings. The van der Waals surface area contributed by atoms with Crippen molar-refractivity contribution < 1.29 is 4.74 Å². The first-order chi connectivity index (χ1) is 9.13. The quantitative estimate of drug-likeness (QED) is 0.821. The lowest BCUT2D eigenvalue weighted by atomic mass is 9.99. The molecule has 2 nitrogen and oxygen atoms in total. The Kier molecular flexibility index (Phi) is 2.94. The molecule has 98 valence electrons. The topological polar surface area (TPSA) is 21.3 Å². The minimum atomic E-state index is 0.0656. The molecule has 0 saturated carbocycles. The number of fused-ring (bicyclic) bond motifs is 1. The predicted molar refractivity (Wildman–Crippen MR) is 78.8 cm³/mol. The van der Waals surface area contributed by atoms with Gasteiger partial charge in [-0.2, -0.15) is 0 Å². The van der Waals surface area contributed by atoms with E-state index in [2.05, 4.69) is 62.5 Å². The van der Waals surface area contributed by atoms with E-state index in [1.165, 1.54) is 16.7 Å². The first kappa shape index (κ1) is 12.1. The van der Waals surface area contributed by atoms with Crippen LogP contribution in [0, 0.1) is 13.8 Å². The molecule has 1 heterocycles. The van der Waals surface area contributed by atoms with Crippen LogP contribution >= 0.6 is 0 Å². The lowest BCUT2D eigenvalue weighted by molar-refractivity contribution is 0.177. The van der Waals surface area contributed by atoms with Gasteiger partial charge < -0.3 is 10.1 Å². The van der Waals surface area contributed by atoms with Crippen LogP contribution in [0.5, 0.6) is 5.75 Å². The van der Waals surface area contributed by atoms with Crippen molar-refractivity contribution in [2.75, 3.05) is 5.32 Å².